The van der Waals surface area contributed by atoms with Gasteiger partial charge in [0.05, 0.1) is 0 Å². The lowest BCUT2D eigenvalue weighted by molar-refractivity contribution is 0.294. The first-order valence-electron chi connectivity index (χ1n) is 4.47. The molecule has 0 aliphatic carbocycles. The van der Waals surface area contributed by atoms with Crippen molar-refractivity contribution in [2.45, 2.75) is 0 Å². The molecule has 0 aromatic carbocycles. The molecule has 0 radical (unpaired) electrons. The zero-order valence-electron chi connectivity index (χ0n) is 10.3. The summed E-state index contributed by atoms with van der Waals surface area (Å²) in [6, 6.07) is 0. The molecule has 4 nitrogen and oxygen atoms in total. The third-order valence-electron chi connectivity index (χ3n) is 2.40. The highest BCUT2D eigenvalue weighted by Gasteiger charge is 2.45. The SMILES string of the molecule is CN(C)[Si](N(C)C)(N(C)C)N(C)C.[SiH4]. The molecule has 0 amide bonds. The van der Waals surface area contributed by atoms with Crippen LogP contribution in [0.4, 0.5) is 0 Å². The topological polar surface area (TPSA) is 13.0 Å². The standard InChI is InChI=1S/C8H24N4Si.H4Si/c1-9(2)13(10(3)4,11(5)6)12(7)8;/h1-8H3;1H4. The maximum Gasteiger partial charge on any atom is 0.375 e. The highest BCUT2D eigenvalue weighted by molar-refractivity contribution is 6.68. The van der Waals surface area contributed by atoms with Gasteiger partial charge in [0.2, 0.25) is 0 Å². The average molecular weight is 237 g/mol. The van der Waals surface area contributed by atoms with E-state index in [1.165, 1.54) is 0 Å². The van der Waals surface area contributed by atoms with Gasteiger partial charge in [0.25, 0.3) is 0 Å². The summed E-state index contributed by atoms with van der Waals surface area (Å²) in [5.41, 5.74) is 0. The fraction of sp³-hybridized carbons (Fsp3) is 1.00. The number of hydrogen-bond acceptors (Lipinski definition) is 4. The predicted molar refractivity (Wildman–Crippen MR) is 71.8 cm³/mol. The third kappa shape index (κ3) is 2.65. The molecule has 0 aliphatic rings. The Kier molecular flexibility index (Phi) is 7.14. The molecule has 0 aliphatic heterocycles. The molecule has 0 heterocycles. The van der Waals surface area contributed by atoms with Gasteiger partial charge < -0.3 is 0 Å². The van der Waals surface area contributed by atoms with Crippen LogP contribution in [0.2, 0.25) is 0 Å². The first kappa shape index (κ1) is 16.7. The predicted octanol–water partition coefficient (Wildman–Crippen LogP) is -1.78. The lowest BCUT2D eigenvalue weighted by Gasteiger charge is -2.49. The molecule has 0 saturated carbocycles. The van der Waals surface area contributed by atoms with Crippen molar-refractivity contribution >= 4 is 19.7 Å². The van der Waals surface area contributed by atoms with Gasteiger partial charge in [-0.05, 0) is 67.3 Å². The molecule has 0 saturated heterocycles. The van der Waals surface area contributed by atoms with E-state index in [1.807, 2.05) is 0 Å². The lowest BCUT2D eigenvalue weighted by Crippen LogP contribution is -2.77. The second kappa shape index (κ2) is 5.99. The molecule has 0 aromatic rings. The summed E-state index contributed by atoms with van der Waals surface area (Å²) in [4.78, 5) is 0. The zero-order valence-corrected chi connectivity index (χ0v) is 11.3. The molecule has 14 heavy (non-hydrogen) atoms. The minimum atomic E-state index is -1.77. The number of hydrogen-bond donors (Lipinski definition) is 0. The van der Waals surface area contributed by atoms with Crippen LogP contribution in [0.5, 0.6) is 0 Å². The number of rotatable bonds is 4. The van der Waals surface area contributed by atoms with Crippen molar-refractivity contribution in [1.29, 1.82) is 0 Å². The second-order valence-electron chi connectivity index (χ2n) is 4.18. The molecular weight excluding hydrogens is 208 g/mol. The van der Waals surface area contributed by atoms with Crippen LogP contribution >= 0.6 is 0 Å². The number of nitrogens with zero attached hydrogens (tertiary/aromatic N) is 4. The van der Waals surface area contributed by atoms with E-state index in [0.29, 0.717) is 0 Å². The summed E-state index contributed by atoms with van der Waals surface area (Å²) in [5.74, 6) is 0. The summed E-state index contributed by atoms with van der Waals surface area (Å²) in [6.45, 7) is 0. The van der Waals surface area contributed by atoms with Gasteiger partial charge in [-0.3, -0.25) is 18.3 Å². The van der Waals surface area contributed by atoms with E-state index in [0.717, 1.165) is 0 Å². The van der Waals surface area contributed by atoms with E-state index >= 15 is 0 Å². The fourth-order valence-corrected chi connectivity index (χ4v) is 7.20. The van der Waals surface area contributed by atoms with Crippen LogP contribution in [0.3, 0.4) is 0 Å². The van der Waals surface area contributed by atoms with Crippen molar-refractivity contribution in [3.05, 3.63) is 0 Å². The van der Waals surface area contributed by atoms with E-state index in [2.05, 4.69) is 74.6 Å². The molecule has 0 unspecified atom stereocenters. The Morgan fingerprint density at radius 2 is 0.643 bits per heavy atom. The summed E-state index contributed by atoms with van der Waals surface area (Å²) in [6.07, 6.45) is 0. The highest BCUT2D eigenvalue weighted by atomic mass is 28.4. The minimum absolute atomic E-state index is 0. The zero-order chi connectivity index (χ0) is 10.8. The smallest absolute Gasteiger partial charge is 0.292 e. The van der Waals surface area contributed by atoms with Gasteiger partial charge in [0.15, 0.2) is 0 Å². The van der Waals surface area contributed by atoms with Crippen molar-refractivity contribution in [3.8, 4) is 0 Å². The normalized spacial score (nSPS) is 12.9. The van der Waals surface area contributed by atoms with Crippen molar-refractivity contribution < 1.29 is 0 Å². The van der Waals surface area contributed by atoms with E-state index in [-0.39, 0.29) is 11.0 Å². The summed E-state index contributed by atoms with van der Waals surface area (Å²) >= 11 is 0. The van der Waals surface area contributed by atoms with E-state index < -0.39 is 8.72 Å². The van der Waals surface area contributed by atoms with Gasteiger partial charge >= 0.3 is 8.72 Å². The fourth-order valence-electron chi connectivity index (χ4n) is 2.40. The molecule has 6 heteroatoms. The van der Waals surface area contributed by atoms with E-state index in [9.17, 15) is 0 Å². The van der Waals surface area contributed by atoms with Gasteiger partial charge in [-0.2, -0.15) is 0 Å². The van der Waals surface area contributed by atoms with Gasteiger partial charge in [0.1, 0.15) is 0 Å². The minimum Gasteiger partial charge on any atom is -0.292 e. The van der Waals surface area contributed by atoms with E-state index in [4.69, 9.17) is 0 Å². The Hall–Kier alpha value is 0.274. The molecule has 0 bridgehead atoms. The molecule has 88 valence electrons. The lowest BCUT2D eigenvalue weighted by atomic mass is 11.2. The van der Waals surface area contributed by atoms with Gasteiger partial charge in [-0.25, -0.2) is 0 Å². The first-order chi connectivity index (χ1) is 5.77. The first-order valence-corrected chi connectivity index (χ1v) is 6.26. The largest absolute Gasteiger partial charge is 0.375 e. The van der Waals surface area contributed by atoms with Crippen molar-refractivity contribution in [2.75, 3.05) is 56.4 Å². The molecule has 0 N–H and O–H groups in total. The van der Waals surface area contributed by atoms with Crippen molar-refractivity contribution in [2.24, 2.45) is 0 Å². The van der Waals surface area contributed by atoms with Crippen LogP contribution < -0.4 is 0 Å². The Labute approximate surface area is 94.8 Å². The quantitative estimate of drug-likeness (QED) is 0.535. The summed E-state index contributed by atoms with van der Waals surface area (Å²) in [7, 11) is 15.4. The van der Waals surface area contributed by atoms with Crippen LogP contribution in [-0.4, -0.2) is 94.3 Å². The summed E-state index contributed by atoms with van der Waals surface area (Å²) in [5, 5.41) is 0. The monoisotopic (exact) mass is 236 g/mol. The van der Waals surface area contributed by atoms with Crippen LogP contribution in [-0.2, 0) is 0 Å². The molecule has 0 spiro atoms. The highest BCUT2D eigenvalue weighted by Crippen LogP contribution is 2.14. The third-order valence-corrected chi connectivity index (χ3v) is 7.20. The molecule has 0 atom stereocenters. The Bertz CT molecular complexity index is 122. The summed E-state index contributed by atoms with van der Waals surface area (Å²) < 4.78 is 9.31. The van der Waals surface area contributed by atoms with Crippen LogP contribution in [0.1, 0.15) is 0 Å². The van der Waals surface area contributed by atoms with Gasteiger partial charge in [0, 0.05) is 0 Å². The van der Waals surface area contributed by atoms with Gasteiger partial charge in [-0.15, -0.1) is 0 Å². The van der Waals surface area contributed by atoms with E-state index in [1.54, 1.807) is 0 Å². The Morgan fingerprint density at radius 1 is 0.500 bits per heavy atom. The van der Waals surface area contributed by atoms with Crippen LogP contribution in [0.25, 0.3) is 0 Å². The van der Waals surface area contributed by atoms with Gasteiger partial charge in [-0.1, -0.05) is 0 Å². The van der Waals surface area contributed by atoms with Crippen molar-refractivity contribution in [3.63, 3.8) is 0 Å². The Morgan fingerprint density at radius 3 is 0.643 bits per heavy atom. The van der Waals surface area contributed by atoms with Crippen LogP contribution in [0.15, 0.2) is 0 Å². The average Bonchev–Trinajstić information content (AvgIpc) is 1.82. The molecule has 0 aromatic heterocycles. The molecule has 0 fully saturated rings. The maximum absolute atomic E-state index is 2.33. The second-order valence-corrected chi connectivity index (χ2v) is 8.96. The van der Waals surface area contributed by atoms with Crippen molar-refractivity contribution in [1.82, 2.24) is 18.3 Å². The van der Waals surface area contributed by atoms with Crippen LogP contribution in [0, 0.1) is 0 Å². The molecule has 0 rings (SSSR count). The maximum atomic E-state index is 2.33. The molecular formula is C8H28N4Si2. The Balaban J connectivity index is 0.